The van der Waals surface area contributed by atoms with E-state index >= 15 is 0 Å². The minimum Gasteiger partial charge on any atom is -0.308 e. The quantitative estimate of drug-likeness (QED) is 0.175. The highest BCUT2D eigenvalue weighted by Crippen LogP contribution is 2.43. The summed E-state index contributed by atoms with van der Waals surface area (Å²) in [5.74, 6) is -0.763. The van der Waals surface area contributed by atoms with Gasteiger partial charge in [0, 0.05) is 39.9 Å². The maximum Gasteiger partial charge on any atom is 0.268 e. The summed E-state index contributed by atoms with van der Waals surface area (Å²) < 4.78 is 2.07. The first kappa shape index (κ1) is 29.1. The number of anilines is 1. The molecule has 0 atom stereocenters. The summed E-state index contributed by atoms with van der Waals surface area (Å²) >= 11 is 0. The second kappa shape index (κ2) is 11.6. The Balaban J connectivity index is 1.29. The van der Waals surface area contributed by atoms with Gasteiger partial charge in [0.25, 0.3) is 11.8 Å². The van der Waals surface area contributed by atoms with Crippen LogP contribution in [-0.4, -0.2) is 21.4 Å². The first-order chi connectivity index (χ1) is 24.6. The number of benzene rings is 6. The zero-order valence-electron chi connectivity index (χ0n) is 26.6. The van der Waals surface area contributed by atoms with Crippen molar-refractivity contribution in [3.05, 3.63) is 175 Å². The summed E-state index contributed by atoms with van der Waals surface area (Å²) in [6.07, 6.45) is 3.28. The lowest BCUT2D eigenvalue weighted by Gasteiger charge is -2.20. The van der Waals surface area contributed by atoms with E-state index in [1.54, 1.807) is 18.5 Å². The number of pyridine rings is 1. The highest BCUT2D eigenvalue weighted by atomic mass is 16.2. The fraction of sp³-hybridized carbons (Fsp3) is 0. The molecule has 2 amide bonds. The lowest BCUT2D eigenvalue weighted by atomic mass is 9.97. The van der Waals surface area contributed by atoms with Crippen LogP contribution in [-0.2, 0) is 0 Å². The van der Waals surface area contributed by atoms with Crippen LogP contribution in [0.2, 0.25) is 0 Å². The first-order valence-electron chi connectivity index (χ1n) is 16.3. The second-order valence-electron chi connectivity index (χ2n) is 12.2. The molecule has 0 fully saturated rings. The summed E-state index contributed by atoms with van der Waals surface area (Å²) in [5.41, 5.74) is 9.21. The molecule has 0 saturated carbocycles. The lowest BCUT2D eigenvalue weighted by Crippen LogP contribution is -2.30. The molecule has 2 aromatic heterocycles. The van der Waals surface area contributed by atoms with Crippen molar-refractivity contribution in [1.29, 1.82) is 5.26 Å². The second-order valence-corrected chi connectivity index (χ2v) is 12.2. The third kappa shape index (κ3) is 4.45. The molecule has 0 spiro atoms. The number of nitrogens with zero attached hydrogens (tertiary/aromatic N) is 4. The third-order valence-corrected chi connectivity index (χ3v) is 9.44. The molecule has 50 heavy (non-hydrogen) atoms. The number of carbonyl (C=O) groups is 2. The minimum atomic E-state index is -0.389. The number of nitriles is 1. The fourth-order valence-electron chi connectivity index (χ4n) is 7.21. The first-order valence-corrected chi connectivity index (χ1v) is 16.3. The van der Waals surface area contributed by atoms with E-state index in [1.807, 2.05) is 127 Å². The van der Waals surface area contributed by atoms with Crippen LogP contribution in [0, 0.1) is 11.3 Å². The number of rotatable bonds is 5. The van der Waals surface area contributed by atoms with Gasteiger partial charge in [0.1, 0.15) is 6.07 Å². The summed E-state index contributed by atoms with van der Waals surface area (Å²) in [6, 6.07) is 49.3. The van der Waals surface area contributed by atoms with E-state index in [9.17, 15) is 14.9 Å². The molecule has 9 rings (SSSR count). The number of fused-ring (bicyclic) bond motifs is 4. The maximum atomic E-state index is 14.9. The van der Waals surface area contributed by atoms with Crippen molar-refractivity contribution < 1.29 is 9.59 Å². The van der Waals surface area contributed by atoms with Crippen LogP contribution in [0.1, 0.15) is 26.3 Å². The van der Waals surface area contributed by atoms with Crippen molar-refractivity contribution in [2.75, 3.05) is 4.90 Å². The number of aromatic nitrogens is 2. The Bertz CT molecular complexity index is 2710. The van der Waals surface area contributed by atoms with Crippen molar-refractivity contribution in [2.24, 2.45) is 0 Å². The topological polar surface area (TPSA) is 79.0 Å². The van der Waals surface area contributed by atoms with Crippen LogP contribution in [0.4, 0.5) is 5.69 Å². The molecular formula is C44H26N4O2. The van der Waals surface area contributed by atoms with Crippen molar-refractivity contribution >= 4 is 39.3 Å². The Morgan fingerprint density at radius 3 is 2.02 bits per heavy atom. The van der Waals surface area contributed by atoms with Gasteiger partial charge in [-0.3, -0.25) is 14.6 Å². The van der Waals surface area contributed by atoms with Gasteiger partial charge in [-0.15, -0.1) is 0 Å². The summed E-state index contributed by atoms with van der Waals surface area (Å²) in [6.45, 7) is 0. The SMILES string of the molecule is N#Cc1cncc(-c2cccc3c4ccccc4n(-c4cccc5c4C(=O)N(c4cc(-c6ccccc6)ccc4-c4ccccc4)C5=O)c23)c1. The number of hydrogen-bond donors (Lipinski definition) is 0. The van der Waals surface area contributed by atoms with Gasteiger partial charge in [0.2, 0.25) is 0 Å². The van der Waals surface area contributed by atoms with Gasteiger partial charge in [-0.1, -0.05) is 115 Å². The minimum absolute atomic E-state index is 0.336. The highest BCUT2D eigenvalue weighted by Gasteiger charge is 2.40. The van der Waals surface area contributed by atoms with Crippen LogP contribution in [0.15, 0.2) is 158 Å². The van der Waals surface area contributed by atoms with Crippen molar-refractivity contribution in [1.82, 2.24) is 9.55 Å². The van der Waals surface area contributed by atoms with Gasteiger partial charge in [-0.05, 0) is 47.0 Å². The number of imide groups is 1. The molecule has 0 aliphatic carbocycles. The summed E-state index contributed by atoms with van der Waals surface area (Å²) in [5, 5.41) is 11.6. The molecule has 1 aliphatic heterocycles. The fourth-order valence-corrected chi connectivity index (χ4v) is 7.21. The molecule has 234 valence electrons. The van der Waals surface area contributed by atoms with Crippen molar-refractivity contribution in [3.8, 4) is 45.1 Å². The summed E-state index contributed by atoms with van der Waals surface area (Å²) in [4.78, 5) is 35.1. The molecule has 0 radical (unpaired) electrons. The van der Waals surface area contributed by atoms with E-state index in [4.69, 9.17) is 0 Å². The molecule has 0 saturated heterocycles. The number of para-hydroxylation sites is 2. The van der Waals surface area contributed by atoms with Crippen molar-refractivity contribution in [3.63, 3.8) is 0 Å². The van der Waals surface area contributed by atoms with Crippen LogP contribution in [0.25, 0.3) is 60.9 Å². The van der Waals surface area contributed by atoms with Gasteiger partial charge in [0.05, 0.1) is 39.1 Å². The number of carbonyl (C=O) groups excluding carboxylic acids is 2. The molecule has 0 unspecified atom stereocenters. The van der Waals surface area contributed by atoms with Gasteiger partial charge >= 0.3 is 0 Å². The Kier molecular flexibility index (Phi) is 6.72. The zero-order valence-corrected chi connectivity index (χ0v) is 26.6. The van der Waals surface area contributed by atoms with Gasteiger partial charge < -0.3 is 4.57 Å². The predicted octanol–water partition coefficient (Wildman–Crippen LogP) is 9.85. The maximum absolute atomic E-state index is 14.9. The molecule has 8 aromatic rings. The van der Waals surface area contributed by atoms with E-state index < -0.39 is 0 Å². The Hall–Kier alpha value is -7.10. The van der Waals surface area contributed by atoms with E-state index in [0.29, 0.717) is 28.1 Å². The van der Waals surface area contributed by atoms with E-state index in [2.05, 4.69) is 27.8 Å². The Morgan fingerprint density at radius 2 is 1.22 bits per heavy atom. The average Bonchev–Trinajstić information content (AvgIpc) is 3.66. The predicted molar refractivity (Wildman–Crippen MR) is 197 cm³/mol. The van der Waals surface area contributed by atoms with Gasteiger partial charge in [0.15, 0.2) is 0 Å². The molecule has 6 heteroatoms. The monoisotopic (exact) mass is 642 g/mol. The average molecular weight is 643 g/mol. The highest BCUT2D eigenvalue weighted by molar-refractivity contribution is 6.36. The van der Waals surface area contributed by atoms with Gasteiger partial charge in [-0.25, -0.2) is 4.90 Å². The van der Waals surface area contributed by atoms with Crippen LogP contribution >= 0.6 is 0 Å². The van der Waals surface area contributed by atoms with Crippen LogP contribution in [0.5, 0.6) is 0 Å². The van der Waals surface area contributed by atoms with E-state index in [-0.39, 0.29) is 11.8 Å². The molecule has 1 aliphatic rings. The number of hydrogen-bond acceptors (Lipinski definition) is 4. The summed E-state index contributed by atoms with van der Waals surface area (Å²) in [7, 11) is 0. The lowest BCUT2D eigenvalue weighted by molar-refractivity contribution is 0.0926. The number of amides is 2. The smallest absolute Gasteiger partial charge is 0.268 e. The van der Waals surface area contributed by atoms with E-state index in [0.717, 1.165) is 55.2 Å². The third-order valence-electron chi connectivity index (χ3n) is 9.44. The normalized spacial score (nSPS) is 12.4. The Labute approximate surface area is 287 Å². The standard InChI is InChI=1S/C44H26N4O2/c45-25-28-23-32(27-46-26-28)34-16-9-17-36-35-15-7-8-19-38(35)47(42(34)36)39-20-10-18-37-41(39)44(50)48(43(37)49)40-24-31(29-11-3-1-4-12-29)21-22-33(40)30-13-5-2-6-14-30/h1-24,26-27H. The molecule has 3 heterocycles. The Morgan fingerprint density at radius 1 is 0.520 bits per heavy atom. The molecule has 6 aromatic carbocycles. The molecular weight excluding hydrogens is 617 g/mol. The van der Waals surface area contributed by atoms with Gasteiger partial charge in [-0.2, -0.15) is 5.26 Å². The van der Waals surface area contributed by atoms with E-state index in [1.165, 1.54) is 4.90 Å². The van der Waals surface area contributed by atoms with Crippen LogP contribution < -0.4 is 4.90 Å². The molecule has 0 bridgehead atoms. The van der Waals surface area contributed by atoms with Crippen LogP contribution in [0.3, 0.4) is 0 Å². The van der Waals surface area contributed by atoms with Crippen molar-refractivity contribution in [2.45, 2.75) is 0 Å². The zero-order chi connectivity index (χ0) is 33.8. The largest absolute Gasteiger partial charge is 0.308 e. The molecule has 6 nitrogen and oxygen atoms in total. The molecule has 0 N–H and O–H groups in total.